The first-order valence-electron chi connectivity index (χ1n) is 7.82. The summed E-state index contributed by atoms with van der Waals surface area (Å²) in [5.41, 5.74) is 1.65. The van der Waals surface area contributed by atoms with Gasteiger partial charge in [0.1, 0.15) is 16.5 Å². The molecule has 0 aliphatic heterocycles. The number of hydrogen-bond donors (Lipinski definition) is 2. The molecule has 0 saturated carbocycles. The lowest BCUT2D eigenvalue weighted by Gasteiger charge is -2.20. The zero-order valence-corrected chi connectivity index (χ0v) is 16.2. The molecular weight excluding hydrogens is 340 g/mol. The van der Waals surface area contributed by atoms with Crippen LogP contribution < -0.4 is 14.8 Å². The fourth-order valence-electron chi connectivity index (χ4n) is 2.16. The number of nitrogens with zero attached hydrogens (tertiary/aromatic N) is 2. The minimum Gasteiger partial charge on any atom is -0.495 e. The number of aryl methyl sites for hydroxylation is 2. The molecule has 0 radical (unpaired) electrons. The Bertz CT molecular complexity index is 857. The summed E-state index contributed by atoms with van der Waals surface area (Å²) in [6.07, 6.45) is 0. The number of anilines is 2. The van der Waals surface area contributed by atoms with Crippen molar-refractivity contribution in [2.24, 2.45) is 0 Å². The van der Waals surface area contributed by atoms with E-state index in [0.717, 1.165) is 11.1 Å². The Kier molecular flexibility index (Phi) is 5.22. The predicted octanol–water partition coefficient (Wildman–Crippen LogP) is 3.11. The van der Waals surface area contributed by atoms with Gasteiger partial charge in [-0.15, -0.1) is 10.2 Å². The van der Waals surface area contributed by atoms with Crippen molar-refractivity contribution < 1.29 is 13.2 Å². The number of benzene rings is 1. The third-order valence-electron chi connectivity index (χ3n) is 3.48. The van der Waals surface area contributed by atoms with Gasteiger partial charge in [-0.1, -0.05) is 0 Å². The van der Waals surface area contributed by atoms with Crippen LogP contribution in [0.5, 0.6) is 5.75 Å². The summed E-state index contributed by atoms with van der Waals surface area (Å²) in [6.45, 7) is 9.74. The summed E-state index contributed by atoms with van der Waals surface area (Å²) in [5, 5.41) is 11.1. The first-order valence-corrected chi connectivity index (χ1v) is 9.30. The van der Waals surface area contributed by atoms with Gasteiger partial charge in [0.05, 0.1) is 7.11 Å². The van der Waals surface area contributed by atoms with E-state index < -0.39 is 10.0 Å². The first kappa shape index (κ1) is 19.0. The number of aromatic nitrogens is 2. The fourth-order valence-corrected chi connectivity index (χ4v) is 3.40. The molecule has 1 heterocycles. The highest BCUT2D eigenvalue weighted by atomic mass is 32.2. The summed E-state index contributed by atoms with van der Waals surface area (Å²) >= 11 is 0. The molecule has 2 N–H and O–H groups in total. The number of sulfonamides is 1. The third kappa shape index (κ3) is 4.82. The van der Waals surface area contributed by atoms with Crippen LogP contribution in [0.3, 0.4) is 0 Å². The highest BCUT2D eigenvalue weighted by Crippen LogP contribution is 2.28. The molecule has 25 heavy (non-hydrogen) atoms. The molecular formula is C17H24N4O3S. The summed E-state index contributed by atoms with van der Waals surface area (Å²) in [4.78, 5) is 0.0665. The first-order chi connectivity index (χ1) is 11.5. The molecule has 1 aromatic heterocycles. The van der Waals surface area contributed by atoms with E-state index in [0.29, 0.717) is 5.82 Å². The number of hydrogen-bond acceptors (Lipinski definition) is 6. The van der Waals surface area contributed by atoms with Crippen molar-refractivity contribution in [1.29, 1.82) is 0 Å². The minimum absolute atomic E-state index is 0.0665. The smallest absolute Gasteiger partial charge is 0.266 e. The van der Waals surface area contributed by atoms with Crippen LogP contribution in [-0.2, 0) is 10.0 Å². The van der Waals surface area contributed by atoms with Crippen LogP contribution >= 0.6 is 0 Å². The molecule has 2 aromatic rings. The maximum atomic E-state index is 12.7. The van der Waals surface area contributed by atoms with E-state index in [9.17, 15) is 8.42 Å². The molecule has 8 heteroatoms. The van der Waals surface area contributed by atoms with Gasteiger partial charge in [0.15, 0.2) is 5.82 Å². The summed E-state index contributed by atoms with van der Waals surface area (Å²) < 4.78 is 33.0. The van der Waals surface area contributed by atoms with E-state index in [1.54, 1.807) is 24.3 Å². The van der Waals surface area contributed by atoms with Crippen LogP contribution in [0.4, 0.5) is 11.6 Å². The van der Waals surface area contributed by atoms with E-state index in [-0.39, 0.29) is 22.0 Å². The second kappa shape index (κ2) is 6.87. The van der Waals surface area contributed by atoms with Gasteiger partial charge < -0.3 is 10.1 Å². The van der Waals surface area contributed by atoms with Crippen LogP contribution in [0.15, 0.2) is 29.2 Å². The Balaban J connectivity index is 2.29. The third-order valence-corrected chi connectivity index (χ3v) is 4.85. The van der Waals surface area contributed by atoms with Crippen molar-refractivity contribution in [2.45, 2.75) is 45.1 Å². The van der Waals surface area contributed by atoms with Crippen LogP contribution in [0.1, 0.15) is 31.9 Å². The van der Waals surface area contributed by atoms with E-state index in [1.165, 1.54) is 7.11 Å². The lowest BCUT2D eigenvalue weighted by atomic mass is 10.1. The predicted molar refractivity (Wildman–Crippen MR) is 98.7 cm³/mol. The van der Waals surface area contributed by atoms with Crippen LogP contribution in [-0.4, -0.2) is 31.3 Å². The van der Waals surface area contributed by atoms with Crippen molar-refractivity contribution in [2.75, 3.05) is 17.1 Å². The van der Waals surface area contributed by atoms with Crippen LogP contribution in [0.25, 0.3) is 0 Å². The SMILES string of the molecule is COc1cc(C)c(C)cc1S(=O)(=O)Nc1ccc(NC(C)(C)C)nn1. The zero-order valence-electron chi connectivity index (χ0n) is 15.3. The topological polar surface area (TPSA) is 93.2 Å². The molecule has 0 aliphatic carbocycles. The Morgan fingerprint density at radius 1 is 1.00 bits per heavy atom. The van der Waals surface area contributed by atoms with Gasteiger partial charge in [0, 0.05) is 5.54 Å². The molecule has 136 valence electrons. The fraction of sp³-hybridized carbons (Fsp3) is 0.412. The van der Waals surface area contributed by atoms with Gasteiger partial charge in [-0.05, 0) is 70.0 Å². The average molecular weight is 364 g/mol. The highest BCUT2D eigenvalue weighted by Gasteiger charge is 2.21. The quantitative estimate of drug-likeness (QED) is 0.847. The minimum atomic E-state index is -3.84. The van der Waals surface area contributed by atoms with Gasteiger partial charge in [0.2, 0.25) is 0 Å². The largest absolute Gasteiger partial charge is 0.495 e. The van der Waals surface area contributed by atoms with Gasteiger partial charge in [0.25, 0.3) is 10.0 Å². The number of methoxy groups -OCH3 is 1. The number of rotatable bonds is 5. The molecule has 0 spiro atoms. The zero-order chi connectivity index (χ0) is 18.8. The average Bonchev–Trinajstić information content (AvgIpc) is 2.49. The number of nitrogens with one attached hydrogen (secondary N) is 2. The Morgan fingerprint density at radius 3 is 2.08 bits per heavy atom. The van der Waals surface area contributed by atoms with Crippen LogP contribution in [0.2, 0.25) is 0 Å². The van der Waals surface area contributed by atoms with Gasteiger partial charge in [-0.2, -0.15) is 0 Å². The second-order valence-electron chi connectivity index (χ2n) is 6.87. The van der Waals surface area contributed by atoms with Gasteiger partial charge in [-0.3, -0.25) is 4.72 Å². The van der Waals surface area contributed by atoms with Crippen molar-refractivity contribution in [1.82, 2.24) is 10.2 Å². The normalized spacial score (nSPS) is 11.9. The Morgan fingerprint density at radius 2 is 1.56 bits per heavy atom. The molecule has 1 aromatic carbocycles. The Hall–Kier alpha value is -2.35. The van der Waals surface area contributed by atoms with Crippen molar-refractivity contribution >= 4 is 21.7 Å². The molecule has 2 rings (SSSR count). The molecule has 0 atom stereocenters. The standard InChI is InChI=1S/C17H24N4O3S/c1-11-9-13(24-6)14(10-12(11)2)25(22,23)21-16-8-7-15(19-20-16)18-17(3,4)5/h7-10H,1-6H3,(H,18,19)(H,20,21). The van der Waals surface area contributed by atoms with E-state index in [4.69, 9.17) is 4.74 Å². The summed E-state index contributed by atoms with van der Waals surface area (Å²) in [5.74, 6) is 0.994. The van der Waals surface area contributed by atoms with Crippen LogP contribution in [0, 0.1) is 13.8 Å². The monoisotopic (exact) mass is 364 g/mol. The highest BCUT2D eigenvalue weighted by molar-refractivity contribution is 7.92. The summed E-state index contributed by atoms with van der Waals surface area (Å²) in [7, 11) is -2.40. The molecule has 0 bridgehead atoms. The van der Waals surface area contributed by atoms with Gasteiger partial charge in [-0.25, -0.2) is 8.42 Å². The lowest BCUT2D eigenvalue weighted by Crippen LogP contribution is -2.26. The van der Waals surface area contributed by atoms with Crippen molar-refractivity contribution in [3.05, 3.63) is 35.4 Å². The number of ether oxygens (including phenoxy) is 1. The van der Waals surface area contributed by atoms with Crippen molar-refractivity contribution in [3.8, 4) is 5.75 Å². The van der Waals surface area contributed by atoms with Gasteiger partial charge >= 0.3 is 0 Å². The molecule has 0 saturated heterocycles. The maximum absolute atomic E-state index is 12.7. The molecule has 0 fully saturated rings. The Labute approximate surface area is 148 Å². The van der Waals surface area contributed by atoms with E-state index in [2.05, 4.69) is 20.2 Å². The second-order valence-corrected chi connectivity index (χ2v) is 8.52. The van der Waals surface area contributed by atoms with E-state index in [1.807, 2.05) is 34.6 Å². The summed E-state index contributed by atoms with van der Waals surface area (Å²) in [6, 6.07) is 6.52. The maximum Gasteiger partial charge on any atom is 0.266 e. The van der Waals surface area contributed by atoms with Crippen molar-refractivity contribution in [3.63, 3.8) is 0 Å². The lowest BCUT2D eigenvalue weighted by molar-refractivity contribution is 0.402. The van der Waals surface area contributed by atoms with E-state index >= 15 is 0 Å². The molecule has 0 amide bonds. The molecule has 7 nitrogen and oxygen atoms in total. The molecule has 0 aliphatic rings. The molecule has 0 unspecified atom stereocenters.